The largest absolute Gasteiger partial charge is 0.493 e. The van der Waals surface area contributed by atoms with Crippen molar-refractivity contribution in [3.63, 3.8) is 0 Å². The summed E-state index contributed by atoms with van der Waals surface area (Å²) < 4.78 is 19.6. The zero-order valence-electron chi connectivity index (χ0n) is 12.1. The predicted molar refractivity (Wildman–Crippen MR) is 72.3 cm³/mol. The molecule has 0 atom stereocenters. The number of rotatable bonds is 6. The molecule has 0 saturated heterocycles. The van der Waals surface area contributed by atoms with E-state index in [2.05, 4.69) is 0 Å². The number of nitrogens with zero attached hydrogens (tertiary/aromatic N) is 2. The molecule has 0 fully saturated rings. The molecule has 6 nitrogen and oxygen atoms in total. The summed E-state index contributed by atoms with van der Waals surface area (Å²) in [6.45, 7) is 0.674. The summed E-state index contributed by atoms with van der Waals surface area (Å²) in [6, 6.07) is 3.86. The van der Waals surface area contributed by atoms with Gasteiger partial charge in [-0.05, 0) is 12.1 Å². The maximum atomic E-state index is 5.34. The molecule has 0 spiro atoms. The zero-order chi connectivity index (χ0) is 14.5. The summed E-state index contributed by atoms with van der Waals surface area (Å²) in [4.78, 5) is 5.09. The van der Waals surface area contributed by atoms with E-state index in [1.165, 1.54) is 0 Å². The first-order chi connectivity index (χ1) is 9.71. The van der Waals surface area contributed by atoms with Crippen molar-refractivity contribution in [2.75, 3.05) is 28.4 Å². The monoisotopic (exact) mass is 279 g/mol. The molecule has 1 aromatic carbocycles. The summed E-state index contributed by atoms with van der Waals surface area (Å²) in [5.41, 5.74) is 1.04. The van der Waals surface area contributed by atoms with Gasteiger partial charge in [-0.3, -0.25) is 0 Å². The quantitative estimate of drug-likeness (QED) is 0.737. The lowest BCUT2D eigenvalue weighted by atomic mass is 10.2. The fourth-order valence-corrected chi connectivity index (χ4v) is 2.01. The highest BCUT2D eigenvalue weighted by Gasteiger charge is 2.14. The van der Waals surface area contributed by atoms with Crippen molar-refractivity contribution in [2.24, 2.45) is 0 Å². The maximum Gasteiger partial charge on any atom is 0.284 e. The number of methoxy groups -OCH3 is 3. The molecular formula is C14H19N2O4+. The zero-order valence-corrected chi connectivity index (χ0v) is 12.1. The Morgan fingerprint density at radius 2 is 1.65 bits per heavy atom. The number of ether oxygens (including phenoxy) is 3. The Labute approximate surface area is 118 Å². The molecule has 0 bridgehead atoms. The Morgan fingerprint density at radius 1 is 1.00 bits per heavy atom. The average molecular weight is 279 g/mol. The van der Waals surface area contributed by atoms with E-state index in [9.17, 15) is 0 Å². The van der Waals surface area contributed by atoms with Gasteiger partial charge in [0, 0.05) is 5.56 Å². The molecule has 20 heavy (non-hydrogen) atoms. The molecule has 1 aromatic heterocycles. The minimum Gasteiger partial charge on any atom is -0.493 e. The second kappa shape index (κ2) is 6.18. The first-order valence-electron chi connectivity index (χ1n) is 6.12. The van der Waals surface area contributed by atoms with Crippen LogP contribution in [0.15, 0.2) is 30.9 Å². The SMILES string of the molecule is COc1cc(C[n+]2ccn(OC)c2)cc(OC)c1OC. The summed E-state index contributed by atoms with van der Waals surface area (Å²) in [5, 5.41) is 0. The first-order valence-corrected chi connectivity index (χ1v) is 6.12. The van der Waals surface area contributed by atoms with Gasteiger partial charge in [-0.2, -0.15) is 0 Å². The van der Waals surface area contributed by atoms with Gasteiger partial charge in [0.2, 0.25) is 5.75 Å². The van der Waals surface area contributed by atoms with Gasteiger partial charge < -0.3 is 19.0 Å². The van der Waals surface area contributed by atoms with Gasteiger partial charge in [0.1, 0.15) is 19.9 Å². The Kier molecular flexibility index (Phi) is 4.34. The van der Waals surface area contributed by atoms with Crippen LogP contribution in [-0.4, -0.2) is 33.2 Å². The molecule has 2 rings (SSSR count). The predicted octanol–water partition coefficient (Wildman–Crippen LogP) is 0.908. The van der Waals surface area contributed by atoms with Crippen molar-refractivity contribution in [1.29, 1.82) is 0 Å². The van der Waals surface area contributed by atoms with Gasteiger partial charge in [0.05, 0.1) is 21.3 Å². The maximum absolute atomic E-state index is 5.34. The second-order valence-corrected chi connectivity index (χ2v) is 4.16. The molecule has 1 heterocycles. The van der Waals surface area contributed by atoms with E-state index in [0.717, 1.165) is 5.56 Å². The number of aromatic nitrogens is 2. The van der Waals surface area contributed by atoms with Crippen LogP contribution in [0.4, 0.5) is 0 Å². The molecule has 2 aromatic rings. The highest BCUT2D eigenvalue weighted by molar-refractivity contribution is 5.53. The molecule has 0 amide bonds. The van der Waals surface area contributed by atoms with E-state index in [0.29, 0.717) is 23.8 Å². The van der Waals surface area contributed by atoms with Crippen molar-refractivity contribution in [3.05, 3.63) is 36.4 Å². The van der Waals surface area contributed by atoms with Crippen LogP contribution in [0.2, 0.25) is 0 Å². The van der Waals surface area contributed by atoms with E-state index in [-0.39, 0.29) is 0 Å². The van der Waals surface area contributed by atoms with Crippen molar-refractivity contribution in [1.82, 2.24) is 4.73 Å². The Morgan fingerprint density at radius 3 is 2.10 bits per heavy atom. The lowest BCUT2D eigenvalue weighted by molar-refractivity contribution is -0.688. The fourth-order valence-electron chi connectivity index (χ4n) is 2.01. The molecule has 6 heteroatoms. The normalized spacial score (nSPS) is 10.2. The molecule has 0 aliphatic carbocycles. The molecule has 0 N–H and O–H groups in total. The lowest BCUT2D eigenvalue weighted by Crippen LogP contribution is -2.32. The third kappa shape index (κ3) is 2.79. The highest BCUT2D eigenvalue weighted by Crippen LogP contribution is 2.38. The Hall–Kier alpha value is -2.37. The van der Waals surface area contributed by atoms with Crippen molar-refractivity contribution >= 4 is 0 Å². The third-order valence-corrected chi connectivity index (χ3v) is 2.97. The van der Waals surface area contributed by atoms with Gasteiger partial charge in [-0.15, -0.1) is 0 Å². The van der Waals surface area contributed by atoms with Crippen LogP contribution >= 0.6 is 0 Å². The number of imidazole rings is 1. The molecule has 0 aliphatic heterocycles. The molecule has 108 valence electrons. The summed E-state index contributed by atoms with van der Waals surface area (Å²) in [5.74, 6) is 1.89. The van der Waals surface area contributed by atoms with E-state index in [1.54, 1.807) is 33.2 Å². The van der Waals surface area contributed by atoms with Crippen LogP contribution in [-0.2, 0) is 6.54 Å². The van der Waals surface area contributed by atoms with E-state index in [4.69, 9.17) is 19.0 Å². The van der Waals surface area contributed by atoms with Gasteiger partial charge in [-0.25, -0.2) is 4.57 Å². The van der Waals surface area contributed by atoms with Gasteiger partial charge in [0.25, 0.3) is 6.33 Å². The molecule has 0 unspecified atom stereocenters. The fraction of sp³-hybridized carbons (Fsp3) is 0.357. The number of hydrogen-bond donors (Lipinski definition) is 0. The smallest absolute Gasteiger partial charge is 0.284 e. The second-order valence-electron chi connectivity index (χ2n) is 4.16. The van der Waals surface area contributed by atoms with Crippen LogP contribution in [0.3, 0.4) is 0 Å². The highest BCUT2D eigenvalue weighted by atomic mass is 16.6. The van der Waals surface area contributed by atoms with Crippen LogP contribution < -0.4 is 23.6 Å². The van der Waals surface area contributed by atoms with Gasteiger partial charge in [0.15, 0.2) is 17.7 Å². The third-order valence-electron chi connectivity index (χ3n) is 2.97. The summed E-state index contributed by atoms with van der Waals surface area (Å²) >= 11 is 0. The van der Waals surface area contributed by atoms with Crippen LogP contribution in [0.1, 0.15) is 5.56 Å². The number of benzene rings is 1. The summed E-state index contributed by atoms with van der Waals surface area (Å²) in [6.07, 6.45) is 5.61. The lowest BCUT2D eigenvalue weighted by Gasteiger charge is -2.13. The Balaban J connectivity index is 2.31. The van der Waals surface area contributed by atoms with Gasteiger partial charge in [-0.1, -0.05) is 4.73 Å². The first kappa shape index (κ1) is 14.0. The minimum atomic E-state index is 0.596. The van der Waals surface area contributed by atoms with Crippen LogP contribution in [0.5, 0.6) is 17.2 Å². The molecule has 0 aliphatic rings. The minimum absolute atomic E-state index is 0.596. The van der Waals surface area contributed by atoms with Crippen LogP contribution in [0.25, 0.3) is 0 Å². The van der Waals surface area contributed by atoms with E-state index in [1.807, 2.05) is 35.4 Å². The van der Waals surface area contributed by atoms with E-state index >= 15 is 0 Å². The molecular weight excluding hydrogens is 260 g/mol. The molecule has 0 saturated carbocycles. The van der Waals surface area contributed by atoms with Crippen molar-refractivity contribution in [3.8, 4) is 17.2 Å². The summed E-state index contributed by atoms with van der Waals surface area (Å²) in [7, 11) is 6.42. The number of hydrogen-bond acceptors (Lipinski definition) is 4. The Bertz CT molecular complexity index is 555. The molecule has 0 radical (unpaired) electrons. The average Bonchev–Trinajstić information content (AvgIpc) is 2.93. The standard InChI is InChI=1S/C14H19N2O4/c1-17-12-7-11(8-13(18-2)14(12)19-3)9-15-5-6-16(10-15)20-4/h5-8,10H,9H2,1-4H3/q+1. The van der Waals surface area contributed by atoms with Crippen LogP contribution in [0, 0.1) is 0 Å². The topological polar surface area (TPSA) is 45.7 Å². The van der Waals surface area contributed by atoms with E-state index < -0.39 is 0 Å². The van der Waals surface area contributed by atoms with Crippen molar-refractivity contribution < 1.29 is 23.6 Å². The van der Waals surface area contributed by atoms with Crippen molar-refractivity contribution in [2.45, 2.75) is 6.54 Å². The van der Waals surface area contributed by atoms with Gasteiger partial charge >= 0.3 is 0 Å².